The molecule has 0 aromatic rings. The van der Waals surface area contributed by atoms with Crippen LogP contribution in [0.15, 0.2) is 0 Å². The Kier molecular flexibility index (Phi) is 2.35. The first-order valence-electron chi connectivity index (χ1n) is 4.25. The lowest BCUT2D eigenvalue weighted by Gasteiger charge is -2.26. The summed E-state index contributed by atoms with van der Waals surface area (Å²) in [6.07, 6.45) is 5.26. The Labute approximate surface area is 63.8 Å². The third kappa shape index (κ3) is 1.98. The predicted molar refractivity (Wildman–Crippen MR) is 43.0 cm³/mol. The summed E-state index contributed by atoms with van der Waals surface area (Å²) in [6.45, 7) is 4.41. The van der Waals surface area contributed by atoms with Gasteiger partial charge in [0.2, 0.25) is 0 Å². The maximum atomic E-state index is 5.44. The maximum Gasteiger partial charge on any atom is 0.0650 e. The summed E-state index contributed by atoms with van der Waals surface area (Å²) in [6, 6.07) is 0. The minimum atomic E-state index is 0.168. The van der Waals surface area contributed by atoms with Gasteiger partial charge in [0.05, 0.1) is 5.60 Å². The number of ether oxygens (including phenoxy) is 1. The van der Waals surface area contributed by atoms with Gasteiger partial charge in [-0.1, -0.05) is 19.8 Å². The van der Waals surface area contributed by atoms with Crippen LogP contribution in [0.2, 0.25) is 0 Å². The molecule has 1 saturated carbocycles. The van der Waals surface area contributed by atoms with E-state index in [9.17, 15) is 0 Å². The van der Waals surface area contributed by atoms with Crippen molar-refractivity contribution in [3.63, 3.8) is 0 Å². The van der Waals surface area contributed by atoms with E-state index >= 15 is 0 Å². The van der Waals surface area contributed by atoms with Crippen molar-refractivity contribution in [2.45, 2.75) is 45.1 Å². The number of hydrogen-bond donors (Lipinski definition) is 0. The molecule has 0 aromatic heterocycles. The number of methoxy groups -OCH3 is 1. The van der Waals surface area contributed by atoms with Gasteiger partial charge in [-0.15, -0.1) is 0 Å². The van der Waals surface area contributed by atoms with Gasteiger partial charge in [0.15, 0.2) is 0 Å². The van der Waals surface area contributed by atoms with Gasteiger partial charge in [0.25, 0.3) is 0 Å². The van der Waals surface area contributed by atoms with Gasteiger partial charge in [-0.2, -0.15) is 0 Å². The molecule has 10 heavy (non-hydrogen) atoms. The Bertz CT molecular complexity index is 101. The van der Waals surface area contributed by atoms with Crippen LogP contribution < -0.4 is 0 Å². The molecule has 60 valence electrons. The summed E-state index contributed by atoms with van der Waals surface area (Å²) in [5.41, 5.74) is 0.168. The van der Waals surface area contributed by atoms with Crippen LogP contribution in [0.25, 0.3) is 0 Å². The fourth-order valence-electron chi connectivity index (χ4n) is 1.30. The lowest BCUT2D eigenvalue weighted by molar-refractivity contribution is -0.00863. The Morgan fingerprint density at radius 1 is 1.50 bits per heavy atom. The second kappa shape index (κ2) is 2.91. The van der Waals surface area contributed by atoms with Crippen molar-refractivity contribution in [1.29, 1.82) is 0 Å². The predicted octanol–water partition coefficient (Wildman–Crippen LogP) is 2.60. The van der Waals surface area contributed by atoms with Gasteiger partial charge in [0, 0.05) is 7.11 Å². The molecule has 1 aliphatic carbocycles. The Morgan fingerprint density at radius 2 is 2.10 bits per heavy atom. The van der Waals surface area contributed by atoms with E-state index in [0.717, 1.165) is 12.3 Å². The van der Waals surface area contributed by atoms with Crippen molar-refractivity contribution in [3.05, 3.63) is 0 Å². The molecule has 1 atom stereocenters. The molecule has 1 rings (SSSR count). The third-order valence-electron chi connectivity index (χ3n) is 2.66. The van der Waals surface area contributed by atoms with E-state index < -0.39 is 0 Å². The van der Waals surface area contributed by atoms with Gasteiger partial charge in [-0.25, -0.2) is 0 Å². The molecule has 1 unspecified atom stereocenters. The van der Waals surface area contributed by atoms with Crippen LogP contribution in [-0.4, -0.2) is 12.7 Å². The Balaban J connectivity index is 2.29. The highest BCUT2D eigenvalue weighted by atomic mass is 16.5. The zero-order valence-electron chi connectivity index (χ0n) is 7.31. The van der Waals surface area contributed by atoms with Crippen molar-refractivity contribution in [2.75, 3.05) is 7.11 Å². The van der Waals surface area contributed by atoms with Gasteiger partial charge in [0.1, 0.15) is 0 Å². The number of hydrogen-bond acceptors (Lipinski definition) is 1. The summed E-state index contributed by atoms with van der Waals surface area (Å²) in [7, 11) is 1.83. The van der Waals surface area contributed by atoms with Crippen LogP contribution in [-0.2, 0) is 4.74 Å². The van der Waals surface area contributed by atoms with E-state index in [4.69, 9.17) is 4.74 Å². The molecular formula is C9H18O. The molecule has 1 fully saturated rings. The molecule has 1 nitrogen and oxygen atoms in total. The second-order valence-corrected chi connectivity index (χ2v) is 3.66. The topological polar surface area (TPSA) is 9.23 Å². The van der Waals surface area contributed by atoms with E-state index in [2.05, 4.69) is 13.8 Å². The van der Waals surface area contributed by atoms with Crippen molar-refractivity contribution in [3.8, 4) is 0 Å². The summed E-state index contributed by atoms with van der Waals surface area (Å²) in [5, 5.41) is 0. The standard InChI is InChI=1S/C9H18O/c1-4-9(2,10-3)7-8-5-6-8/h8H,4-7H2,1-3H3. The van der Waals surface area contributed by atoms with Crippen molar-refractivity contribution in [1.82, 2.24) is 0 Å². The first-order chi connectivity index (χ1) is 4.70. The fourth-order valence-corrected chi connectivity index (χ4v) is 1.30. The molecular weight excluding hydrogens is 124 g/mol. The minimum Gasteiger partial charge on any atom is -0.379 e. The first-order valence-corrected chi connectivity index (χ1v) is 4.25. The molecule has 1 aliphatic rings. The average molecular weight is 142 g/mol. The van der Waals surface area contributed by atoms with E-state index in [0.29, 0.717) is 0 Å². The van der Waals surface area contributed by atoms with Crippen LogP contribution in [0.4, 0.5) is 0 Å². The Morgan fingerprint density at radius 3 is 2.40 bits per heavy atom. The van der Waals surface area contributed by atoms with Gasteiger partial charge in [-0.3, -0.25) is 0 Å². The van der Waals surface area contributed by atoms with Gasteiger partial charge in [-0.05, 0) is 25.7 Å². The molecule has 0 aliphatic heterocycles. The fraction of sp³-hybridized carbons (Fsp3) is 1.00. The largest absolute Gasteiger partial charge is 0.379 e. The van der Waals surface area contributed by atoms with Crippen molar-refractivity contribution < 1.29 is 4.74 Å². The molecule has 0 amide bonds. The maximum absolute atomic E-state index is 5.44. The second-order valence-electron chi connectivity index (χ2n) is 3.66. The molecule has 1 heteroatoms. The highest BCUT2D eigenvalue weighted by Gasteiger charge is 2.31. The smallest absolute Gasteiger partial charge is 0.0650 e. The lowest BCUT2D eigenvalue weighted by Crippen LogP contribution is -2.26. The zero-order valence-corrected chi connectivity index (χ0v) is 7.31. The summed E-state index contributed by atoms with van der Waals surface area (Å²) >= 11 is 0. The van der Waals surface area contributed by atoms with Gasteiger partial charge >= 0.3 is 0 Å². The van der Waals surface area contributed by atoms with Gasteiger partial charge < -0.3 is 4.74 Å². The van der Waals surface area contributed by atoms with Crippen molar-refractivity contribution >= 4 is 0 Å². The molecule has 0 N–H and O–H groups in total. The summed E-state index contributed by atoms with van der Waals surface area (Å²) in [5.74, 6) is 0.977. The molecule has 0 bridgehead atoms. The summed E-state index contributed by atoms with van der Waals surface area (Å²) < 4.78 is 5.44. The van der Waals surface area contributed by atoms with Crippen LogP contribution in [0, 0.1) is 5.92 Å². The average Bonchev–Trinajstić information content (AvgIpc) is 2.72. The normalized spacial score (nSPS) is 24.3. The highest BCUT2D eigenvalue weighted by molar-refractivity contribution is 4.83. The Hall–Kier alpha value is -0.0400. The van der Waals surface area contributed by atoms with E-state index in [1.54, 1.807) is 0 Å². The molecule has 0 radical (unpaired) electrons. The number of rotatable bonds is 4. The van der Waals surface area contributed by atoms with Crippen LogP contribution >= 0.6 is 0 Å². The van der Waals surface area contributed by atoms with Crippen LogP contribution in [0.5, 0.6) is 0 Å². The molecule has 0 aromatic carbocycles. The minimum absolute atomic E-state index is 0.168. The molecule has 0 spiro atoms. The van der Waals surface area contributed by atoms with Crippen LogP contribution in [0.3, 0.4) is 0 Å². The highest BCUT2D eigenvalue weighted by Crippen LogP contribution is 2.38. The lowest BCUT2D eigenvalue weighted by atomic mass is 9.96. The van der Waals surface area contributed by atoms with Crippen LogP contribution in [0.1, 0.15) is 39.5 Å². The van der Waals surface area contributed by atoms with Crippen molar-refractivity contribution in [2.24, 2.45) is 5.92 Å². The van der Waals surface area contributed by atoms with E-state index in [1.165, 1.54) is 19.3 Å². The van der Waals surface area contributed by atoms with E-state index in [1.807, 2.05) is 7.11 Å². The quantitative estimate of drug-likeness (QED) is 0.586. The zero-order chi connectivity index (χ0) is 7.61. The van der Waals surface area contributed by atoms with E-state index in [-0.39, 0.29) is 5.60 Å². The third-order valence-corrected chi connectivity index (χ3v) is 2.66. The SMILES string of the molecule is CCC(C)(CC1CC1)OC. The molecule has 0 heterocycles. The first kappa shape index (κ1) is 8.06. The molecule has 0 saturated heterocycles. The monoisotopic (exact) mass is 142 g/mol. The summed E-state index contributed by atoms with van der Waals surface area (Å²) in [4.78, 5) is 0.